The molecule has 0 aliphatic rings. The molecule has 0 aliphatic heterocycles. The number of esters is 1. The van der Waals surface area contributed by atoms with Crippen molar-refractivity contribution >= 4 is 17.9 Å². The molecule has 19 heavy (non-hydrogen) atoms. The number of halogens is 1. The number of rotatable bonds is 5. The number of ether oxygens (including phenoxy) is 1. The van der Waals surface area contributed by atoms with Crippen molar-refractivity contribution in [3.8, 4) is 6.07 Å². The Morgan fingerprint density at radius 3 is 2.95 bits per heavy atom. The van der Waals surface area contributed by atoms with Crippen molar-refractivity contribution in [1.82, 2.24) is 0 Å². The summed E-state index contributed by atoms with van der Waals surface area (Å²) in [7, 11) is 1.20. The first-order chi connectivity index (χ1) is 9.12. The summed E-state index contributed by atoms with van der Waals surface area (Å²) in [6.45, 7) is 0. The highest BCUT2D eigenvalue weighted by atomic mass is 19.1. The molecule has 0 saturated heterocycles. The van der Waals surface area contributed by atoms with Gasteiger partial charge in [-0.25, -0.2) is 9.18 Å². The Labute approximate surface area is 109 Å². The third-order valence-corrected chi connectivity index (χ3v) is 2.27. The van der Waals surface area contributed by atoms with Crippen LogP contribution in [-0.2, 0) is 4.74 Å². The second kappa shape index (κ2) is 6.91. The van der Waals surface area contributed by atoms with Gasteiger partial charge < -0.3 is 15.5 Å². The summed E-state index contributed by atoms with van der Waals surface area (Å²) < 4.78 is 17.6. The van der Waals surface area contributed by atoms with Crippen LogP contribution in [0.25, 0.3) is 0 Å². The minimum atomic E-state index is -0.674. The van der Waals surface area contributed by atoms with E-state index in [4.69, 9.17) is 10.7 Å². The largest absolute Gasteiger partial charge is 0.465 e. The van der Waals surface area contributed by atoms with Gasteiger partial charge in [-0.3, -0.25) is 0 Å². The molecule has 0 heterocycles. The average Bonchev–Trinajstić information content (AvgIpc) is 2.43. The molecule has 0 bridgehead atoms. The summed E-state index contributed by atoms with van der Waals surface area (Å²) in [5.41, 5.74) is 0.813. The zero-order chi connectivity index (χ0) is 14.3. The van der Waals surface area contributed by atoms with Crippen molar-refractivity contribution in [2.24, 2.45) is 0 Å². The molecule has 0 aromatic heterocycles. The van der Waals surface area contributed by atoms with E-state index < -0.39 is 11.8 Å². The van der Waals surface area contributed by atoms with Gasteiger partial charge in [0.15, 0.2) is 0 Å². The van der Waals surface area contributed by atoms with Gasteiger partial charge in [0.05, 0.1) is 30.9 Å². The number of nitrogens with zero attached hydrogens (tertiary/aromatic N) is 1. The van der Waals surface area contributed by atoms with Crippen molar-refractivity contribution in [1.29, 1.82) is 10.7 Å². The topological polar surface area (TPSA) is 86.0 Å². The van der Waals surface area contributed by atoms with Crippen LogP contribution in [0.5, 0.6) is 0 Å². The molecule has 0 amide bonds. The first-order valence-electron chi connectivity index (χ1n) is 5.33. The van der Waals surface area contributed by atoms with Crippen LogP contribution in [0, 0.1) is 22.6 Å². The molecule has 1 rings (SSSR count). The van der Waals surface area contributed by atoms with Gasteiger partial charge in [-0.2, -0.15) is 5.26 Å². The highest BCUT2D eigenvalue weighted by Gasteiger charge is 2.12. The van der Waals surface area contributed by atoms with Crippen molar-refractivity contribution in [3.63, 3.8) is 0 Å². The Hall–Kier alpha value is -2.68. The molecule has 0 spiro atoms. The fourth-order valence-electron chi connectivity index (χ4n) is 1.33. The number of nitriles is 1. The number of anilines is 1. The molecule has 0 fully saturated rings. The fourth-order valence-corrected chi connectivity index (χ4v) is 1.33. The molecule has 2 N–H and O–H groups in total. The van der Waals surface area contributed by atoms with E-state index in [1.54, 1.807) is 0 Å². The molecule has 1 aromatic carbocycles. The van der Waals surface area contributed by atoms with E-state index in [0.717, 1.165) is 12.3 Å². The summed E-state index contributed by atoms with van der Waals surface area (Å²) in [6.07, 6.45) is 2.50. The maximum Gasteiger partial charge on any atom is 0.340 e. The lowest BCUT2D eigenvalue weighted by Gasteiger charge is -2.08. The number of carbonyl (C=O) groups excluding carboxylic acids is 1. The van der Waals surface area contributed by atoms with Crippen LogP contribution in [0.3, 0.4) is 0 Å². The molecule has 0 unspecified atom stereocenters. The lowest BCUT2D eigenvalue weighted by Crippen LogP contribution is -2.06. The Kier molecular flexibility index (Phi) is 5.23. The molecular weight excluding hydrogens is 249 g/mol. The number of methoxy groups -OCH3 is 1. The number of hydrogen-bond acceptors (Lipinski definition) is 5. The van der Waals surface area contributed by atoms with Gasteiger partial charge in [0.25, 0.3) is 0 Å². The zero-order valence-corrected chi connectivity index (χ0v) is 10.2. The average molecular weight is 261 g/mol. The van der Waals surface area contributed by atoms with Crippen molar-refractivity contribution in [2.75, 3.05) is 12.4 Å². The minimum Gasteiger partial charge on any atom is -0.465 e. The monoisotopic (exact) mass is 261 g/mol. The summed E-state index contributed by atoms with van der Waals surface area (Å²) >= 11 is 0. The van der Waals surface area contributed by atoms with E-state index in [1.165, 1.54) is 25.4 Å². The molecule has 0 aliphatic carbocycles. The lowest BCUT2D eigenvalue weighted by molar-refractivity contribution is 0.0601. The normalized spacial score (nSPS) is 10.5. The molecular formula is C13H12FN3O2. The molecule has 0 radical (unpaired) electrons. The Morgan fingerprint density at radius 1 is 1.63 bits per heavy atom. The highest BCUT2D eigenvalue weighted by molar-refractivity contribution is 5.96. The molecule has 1 aromatic rings. The number of hydrogen-bond donors (Lipinski definition) is 2. The molecule has 6 heteroatoms. The van der Waals surface area contributed by atoms with E-state index in [9.17, 15) is 9.18 Å². The lowest BCUT2D eigenvalue weighted by atomic mass is 10.1. The van der Waals surface area contributed by atoms with Crippen molar-refractivity contribution < 1.29 is 13.9 Å². The van der Waals surface area contributed by atoms with E-state index >= 15 is 0 Å². The first kappa shape index (κ1) is 14.4. The smallest absolute Gasteiger partial charge is 0.340 e. The van der Waals surface area contributed by atoms with E-state index in [0.29, 0.717) is 11.3 Å². The quantitative estimate of drug-likeness (QED) is 0.629. The molecule has 0 saturated carbocycles. The third kappa shape index (κ3) is 3.92. The third-order valence-electron chi connectivity index (χ3n) is 2.27. The predicted octanol–water partition coefficient (Wildman–Crippen LogP) is 2.47. The van der Waals surface area contributed by atoms with Crippen molar-refractivity contribution in [3.05, 3.63) is 41.4 Å². The van der Waals surface area contributed by atoms with Crippen molar-refractivity contribution in [2.45, 2.75) is 6.42 Å². The van der Waals surface area contributed by atoms with Gasteiger partial charge in [-0.15, -0.1) is 0 Å². The number of benzene rings is 1. The first-order valence-corrected chi connectivity index (χ1v) is 5.33. The van der Waals surface area contributed by atoms with Gasteiger partial charge in [0.1, 0.15) is 5.82 Å². The maximum absolute atomic E-state index is 13.1. The molecule has 5 nitrogen and oxygen atoms in total. The maximum atomic E-state index is 13.1. The zero-order valence-electron chi connectivity index (χ0n) is 10.2. The summed E-state index contributed by atoms with van der Waals surface area (Å²) in [5.74, 6) is -1.23. The summed E-state index contributed by atoms with van der Waals surface area (Å²) in [6, 6.07) is 5.53. The van der Waals surface area contributed by atoms with Crippen LogP contribution in [-0.4, -0.2) is 19.3 Å². The number of nitrogens with one attached hydrogen (secondary N) is 2. The van der Waals surface area contributed by atoms with E-state index in [2.05, 4.69) is 10.1 Å². The standard InChI is InChI=1S/C13H12FN3O2/c1-19-13(18)11-6-10(14)2-3-12(11)17-8-9(7-16)4-5-15/h2-3,6-8,16-17H,4H2,1H3. The fraction of sp³-hybridized carbons (Fsp3) is 0.154. The van der Waals surface area contributed by atoms with E-state index in [-0.39, 0.29) is 12.0 Å². The van der Waals surface area contributed by atoms with Gasteiger partial charge >= 0.3 is 5.97 Å². The van der Waals surface area contributed by atoms with Gasteiger partial charge in [-0.05, 0) is 23.8 Å². The minimum absolute atomic E-state index is 0.0417. The Morgan fingerprint density at radius 2 is 2.37 bits per heavy atom. The van der Waals surface area contributed by atoms with Crippen LogP contribution >= 0.6 is 0 Å². The second-order valence-corrected chi connectivity index (χ2v) is 3.52. The Balaban J connectivity index is 3.04. The SMILES string of the molecule is COC(=O)c1cc(F)ccc1NC=C(C=N)CC#N. The second-order valence-electron chi connectivity index (χ2n) is 3.52. The highest BCUT2D eigenvalue weighted by Crippen LogP contribution is 2.18. The number of carbonyl (C=O) groups is 1. The summed E-state index contributed by atoms with van der Waals surface area (Å²) in [4.78, 5) is 11.5. The predicted molar refractivity (Wildman–Crippen MR) is 68.5 cm³/mol. The van der Waals surface area contributed by atoms with Crippen LogP contribution in [0.15, 0.2) is 30.0 Å². The Bertz CT molecular complexity index is 561. The number of allylic oxidation sites excluding steroid dienone is 1. The van der Waals surface area contributed by atoms with Crippen LogP contribution < -0.4 is 5.32 Å². The van der Waals surface area contributed by atoms with Crippen LogP contribution in [0.2, 0.25) is 0 Å². The van der Waals surface area contributed by atoms with Gasteiger partial charge in [0, 0.05) is 12.4 Å². The van der Waals surface area contributed by atoms with Gasteiger partial charge in [0.2, 0.25) is 0 Å². The summed E-state index contributed by atoms with van der Waals surface area (Å²) in [5, 5.41) is 18.4. The van der Waals surface area contributed by atoms with Crippen LogP contribution in [0.1, 0.15) is 16.8 Å². The van der Waals surface area contributed by atoms with E-state index in [1.807, 2.05) is 6.07 Å². The molecule has 98 valence electrons. The molecule has 0 atom stereocenters. The van der Waals surface area contributed by atoms with Gasteiger partial charge in [-0.1, -0.05) is 0 Å². The van der Waals surface area contributed by atoms with Crippen LogP contribution in [0.4, 0.5) is 10.1 Å².